The second kappa shape index (κ2) is 5.92. The van der Waals surface area contributed by atoms with Gasteiger partial charge in [-0.05, 0) is 49.3 Å². The molecule has 2 aromatic rings. The molecule has 0 saturated heterocycles. The van der Waals surface area contributed by atoms with Crippen molar-refractivity contribution in [2.45, 2.75) is 44.9 Å². The number of nitrogens with zero attached hydrogens (tertiary/aromatic N) is 2. The average molecular weight is 288 g/mol. The highest BCUT2D eigenvalue weighted by molar-refractivity contribution is 7.14. The second-order valence-corrected chi connectivity index (χ2v) is 6.70. The minimum Gasteiger partial charge on any atom is -0.293 e. The van der Waals surface area contributed by atoms with Crippen molar-refractivity contribution in [1.82, 2.24) is 9.78 Å². The standard InChI is InChI=1S/C16H20N2OS/c1-18-11-12(10-17-18)7-8-14(19)16-9-13-5-3-2-4-6-15(13)20-16/h9-11H,2-8H2,1H3. The number of carbonyl (C=O) groups is 1. The fourth-order valence-electron chi connectivity index (χ4n) is 2.79. The molecule has 0 aromatic carbocycles. The molecule has 1 aliphatic carbocycles. The fraction of sp³-hybridized carbons (Fsp3) is 0.500. The first-order valence-electron chi connectivity index (χ1n) is 7.34. The van der Waals surface area contributed by atoms with Gasteiger partial charge >= 0.3 is 0 Å². The first-order chi connectivity index (χ1) is 9.72. The molecule has 3 nitrogen and oxygen atoms in total. The smallest absolute Gasteiger partial charge is 0.173 e. The van der Waals surface area contributed by atoms with Gasteiger partial charge in [-0.15, -0.1) is 11.3 Å². The minimum atomic E-state index is 0.284. The minimum absolute atomic E-state index is 0.284. The highest BCUT2D eigenvalue weighted by Gasteiger charge is 2.16. The van der Waals surface area contributed by atoms with Crippen LogP contribution in [0.2, 0.25) is 0 Å². The van der Waals surface area contributed by atoms with Crippen molar-refractivity contribution in [2.24, 2.45) is 7.05 Å². The molecule has 0 amide bonds. The molecular formula is C16H20N2OS. The maximum Gasteiger partial charge on any atom is 0.173 e. The summed E-state index contributed by atoms with van der Waals surface area (Å²) in [5, 5.41) is 4.14. The Morgan fingerprint density at radius 2 is 2.20 bits per heavy atom. The molecule has 0 aliphatic heterocycles. The second-order valence-electron chi connectivity index (χ2n) is 5.57. The van der Waals surface area contributed by atoms with Crippen molar-refractivity contribution in [1.29, 1.82) is 0 Å². The predicted molar refractivity (Wildman–Crippen MR) is 81.4 cm³/mol. The maximum atomic E-state index is 12.3. The van der Waals surface area contributed by atoms with E-state index >= 15 is 0 Å². The van der Waals surface area contributed by atoms with Gasteiger partial charge in [-0.1, -0.05) is 6.42 Å². The molecule has 0 saturated carbocycles. The highest BCUT2D eigenvalue weighted by atomic mass is 32.1. The third kappa shape index (κ3) is 3.01. The quantitative estimate of drug-likeness (QED) is 0.637. The van der Waals surface area contributed by atoms with Gasteiger partial charge in [0.05, 0.1) is 11.1 Å². The third-order valence-electron chi connectivity index (χ3n) is 3.92. The largest absolute Gasteiger partial charge is 0.293 e. The van der Waals surface area contributed by atoms with Crippen LogP contribution in [0.5, 0.6) is 0 Å². The van der Waals surface area contributed by atoms with Crippen molar-refractivity contribution in [3.63, 3.8) is 0 Å². The molecule has 4 heteroatoms. The lowest BCUT2D eigenvalue weighted by molar-refractivity contribution is 0.0986. The number of rotatable bonds is 4. The zero-order valence-corrected chi connectivity index (χ0v) is 12.7. The van der Waals surface area contributed by atoms with Crippen molar-refractivity contribution >= 4 is 17.1 Å². The fourth-order valence-corrected chi connectivity index (χ4v) is 4.01. The van der Waals surface area contributed by atoms with Crippen LogP contribution in [0.25, 0.3) is 0 Å². The van der Waals surface area contributed by atoms with Crippen molar-refractivity contribution in [3.05, 3.63) is 39.3 Å². The van der Waals surface area contributed by atoms with Gasteiger partial charge in [0.25, 0.3) is 0 Å². The Hall–Kier alpha value is -1.42. The summed E-state index contributed by atoms with van der Waals surface area (Å²) in [5.41, 5.74) is 2.57. The summed E-state index contributed by atoms with van der Waals surface area (Å²) in [6, 6.07) is 2.15. The van der Waals surface area contributed by atoms with Gasteiger partial charge in [-0.25, -0.2) is 0 Å². The summed E-state index contributed by atoms with van der Waals surface area (Å²) < 4.78 is 1.78. The number of hydrogen-bond acceptors (Lipinski definition) is 3. The molecule has 2 aromatic heterocycles. The van der Waals surface area contributed by atoms with Gasteiger partial charge in [0.1, 0.15) is 0 Å². The molecular weight excluding hydrogens is 268 g/mol. The number of Topliss-reactive ketones (excluding diaryl/α,β-unsaturated/α-hetero) is 1. The van der Waals surface area contributed by atoms with Gasteiger partial charge in [0.15, 0.2) is 5.78 Å². The van der Waals surface area contributed by atoms with Crippen LogP contribution in [-0.2, 0) is 26.3 Å². The zero-order valence-electron chi connectivity index (χ0n) is 11.9. The van der Waals surface area contributed by atoms with Gasteiger partial charge in [-0.2, -0.15) is 5.10 Å². The van der Waals surface area contributed by atoms with E-state index in [1.54, 1.807) is 16.0 Å². The van der Waals surface area contributed by atoms with E-state index < -0.39 is 0 Å². The molecule has 0 bridgehead atoms. The molecule has 0 N–H and O–H groups in total. The number of carbonyl (C=O) groups excluding carboxylic acids is 1. The molecule has 1 aliphatic rings. The van der Waals surface area contributed by atoms with Crippen LogP contribution in [0.15, 0.2) is 18.5 Å². The van der Waals surface area contributed by atoms with E-state index in [9.17, 15) is 4.79 Å². The van der Waals surface area contributed by atoms with Gasteiger partial charge in [0.2, 0.25) is 0 Å². The number of hydrogen-bond donors (Lipinski definition) is 0. The SMILES string of the molecule is Cn1cc(CCC(=O)c2cc3c(s2)CCCCC3)cn1. The van der Waals surface area contributed by atoms with Crippen LogP contribution in [0, 0.1) is 0 Å². The lowest BCUT2D eigenvalue weighted by atomic mass is 10.1. The summed E-state index contributed by atoms with van der Waals surface area (Å²) in [5.74, 6) is 0.284. The summed E-state index contributed by atoms with van der Waals surface area (Å²) in [6.07, 6.45) is 11.4. The van der Waals surface area contributed by atoms with Crippen molar-refractivity contribution in [3.8, 4) is 0 Å². The van der Waals surface area contributed by atoms with Crippen molar-refractivity contribution < 1.29 is 4.79 Å². The molecule has 0 fully saturated rings. The number of thiophene rings is 1. The van der Waals surface area contributed by atoms with E-state index in [1.165, 1.54) is 29.7 Å². The maximum absolute atomic E-state index is 12.3. The Labute approximate surface area is 123 Å². The molecule has 0 unspecified atom stereocenters. The molecule has 0 radical (unpaired) electrons. The number of aryl methyl sites for hydroxylation is 4. The first-order valence-corrected chi connectivity index (χ1v) is 8.16. The van der Waals surface area contributed by atoms with Crippen molar-refractivity contribution in [2.75, 3.05) is 0 Å². The van der Waals surface area contributed by atoms with E-state index in [1.807, 2.05) is 19.4 Å². The Kier molecular flexibility index (Phi) is 4.01. The highest BCUT2D eigenvalue weighted by Crippen LogP contribution is 2.29. The van der Waals surface area contributed by atoms with Gasteiger partial charge < -0.3 is 0 Å². The summed E-state index contributed by atoms with van der Waals surface area (Å²) in [4.78, 5) is 14.7. The number of fused-ring (bicyclic) bond motifs is 1. The molecule has 0 atom stereocenters. The molecule has 20 heavy (non-hydrogen) atoms. The molecule has 2 heterocycles. The molecule has 0 spiro atoms. The average Bonchev–Trinajstić information content (AvgIpc) is 2.97. The van der Waals surface area contributed by atoms with E-state index in [0.29, 0.717) is 6.42 Å². The van der Waals surface area contributed by atoms with Crippen LogP contribution >= 0.6 is 11.3 Å². The number of aromatic nitrogens is 2. The van der Waals surface area contributed by atoms with E-state index in [0.717, 1.165) is 29.7 Å². The Morgan fingerprint density at radius 1 is 1.35 bits per heavy atom. The lowest BCUT2D eigenvalue weighted by Crippen LogP contribution is -1.98. The van der Waals surface area contributed by atoms with E-state index in [4.69, 9.17) is 0 Å². The summed E-state index contributed by atoms with van der Waals surface area (Å²) in [6.45, 7) is 0. The summed E-state index contributed by atoms with van der Waals surface area (Å²) in [7, 11) is 1.90. The number of ketones is 1. The Bertz CT molecular complexity index is 588. The zero-order chi connectivity index (χ0) is 13.9. The van der Waals surface area contributed by atoms with E-state index in [-0.39, 0.29) is 5.78 Å². The van der Waals surface area contributed by atoms with Gasteiger partial charge in [-0.3, -0.25) is 9.48 Å². The van der Waals surface area contributed by atoms with Crippen LogP contribution in [-0.4, -0.2) is 15.6 Å². The molecule has 106 valence electrons. The van der Waals surface area contributed by atoms with Crippen LogP contribution in [0.1, 0.15) is 51.4 Å². The normalized spacial score (nSPS) is 14.8. The topological polar surface area (TPSA) is 34.9 Å². The third-order valence-corrected chi connectivity index (χ3v) is 5.20. The Balaban J connectivity index is 1.65. The lowest BCUT2D eigenvalue weighted by Gasteiger charge is -1.97. The summed E-state index contributed by atoms with van der Waals surface area (Å²) >= 11 is 1.73. The van der Waals surface area contributed by atoms with Crippen LogP contribution in [0.4, 0.5) is 0 Å². The monoisotopic (exact) mass is 288 g/mol. The predicted octanol–water partition coefficient (Wildman–Crippen LogP) is 3.57. The first kappa shape index (κ1) is 13.6. The van der Waals surface area contributed by atoms with Crippen LogP contribution < -0.4 is 0 Å². The Morgan fingerprint density at radius 3 is 3.00 bits per heavy atom. The van der Waals surface area contributed by atoms with Gasteiger partial charge in [0, 0.05) is 24.5 Å². The molecule has 3 rings (SSSR count). The van der Waals surface area contributed by atoms with E-state index in [2.05, 4.69) is 11.2 Å². The van der Waals surface area contributed by atoms with Crippen LogP contribution in [0.3, 0.4) is 0 Å².